The van der Waals surface area contributed by atoms with Gasteiger partial charge < -0.3 is 15.2 Å². The Kier molecular flexibility index (Phi) is 3.92. The first-order chi connectivity index (χ1) is 9.20. The molecule has 0 saturated carbocycles. The van der Waals surface area contributed by atoms with Gasteiger partial charge in [0.05, 0.1) is 7.11 Å². The largest absolute Gasteiger partial charge is 0.485 e. The number of carbonyl (C=O) groups excluding carboxylic acids is 1. The third-order valence-electron chi connectivity index (χ3n) is 2.39. The zero-order valence-corrected chi connectivity index (χ0v) is 10.4. The van der Waals surface area contributed by atoms with Crippen molar-refractivity contribution < 1.29 is 14.3 Å². The summed E-state index contributed by atoms with van der Waals surface area (Å²) in [4.78, 5) is 19.6. The number of hydrogen-bond donors (Lipinski definition) is 1. The van der Waals surface area contributed by atoms with Gasteiger partial charge in [0.2, 0.25) is 0 Å². The van der Waals surface area contributed by atoms with Crippen LogP contribution in [0.25, 0.3) is 0 Å². The Morgan fingerprint density at radius 2 is 2.05 bits per heavy atom. The molecular formula is C13H13N3O3. The summed E-state index contributed by atoms with van der Waals surface area (Å²) in [5.74, 6) is 0.379. The summed E-state index contributed by atoms with van der Waals surface area (Å²) in [5.41, 5.74) is 6.48. The maximum atomic E-state index is 11.6. The van der Waals surface area contributed by atoms with Crippen molar-refractivity contribution in [2.45, 2.75) is 6.61 Å². The Balaban J connectivity index is 2.19. The maximum Gasteiger partial charge on any atom is 0.341 e. The van der Waals surface area contributed by atoms with Crippen LogP contribution < -0.4 is 10.5 Å². The second kappa shape index (κ2) is 5.81. The Bertz CT molecular complexity index is 573. The van der Waals surface area contributed by atoms with Gasteiger partial charge in [-0.15, -0.1) is 0 Å². The molecule has 6 nitrogen and oxygen atoms in total. The molecule has 2 rings (SSSR count). The minimum absolute atomic E-state index is 0.147. The summed E-state index contributed by atoms with van der Waals surface area (Å²) in [6.45, 7) is 0.147. The van der Waals surface area contributed by atoms with Crippen LogP contribution in [0.5, 0.6) is 5.75 Å². The van der Waals surface area contributed by atoms with Crippen LogP contribution in [-0.2, 0) is 11.3 Å². The van der Waals surface area contributed by atoms with Gasteiger partial charge in [0.1, 0.15) is 17.9 Å². The van der Waals surface area contributed by atoms with E-state index < -0.39 is 5.97 Å². The number of esters is 1. The molecule has 0 atom stereocenters. The molecule has 0 fully saturated rings. The first-order valence-electron chi connectivity index (χ1n) is 5.57. The Hall–Kier alpha value is -2.63. The van der Waals surface area contributed by atoms with Crippen molar-refractivity contribution >= 4 is 11.7 Å². The van der Waals surface area contributed by atoms with Crippen molar-refractivity contribution in [3.8, 4) is 5.75 Å². The molecule has 0 spiro atoms. The standard InChI is InChI=1S/C13H13N3O3/c1-18-13(17)10-4-3-9(14)7-11(10)19-8-12-15-5-2-6-16-12/h2-7H,8,14H2,1H3. The van der Waals surface area contributed by atoms with Gasteiger partial charge in [0.25, 0.3) is 0 Å². The van der Waals surface area contributed by atoms with E-state index in [9.17, 15) is 4.79 Å². The van der Waals surface area contributed by atoms with E-state index in [1.54, 1.807) is 36.7 Å². The molecule has 1 aromatic heterocycles. The van der Waals surface area contributed by atoms with Crippen LogP contribution in [0, 0.1) is 0 Å². The number of carbonyl (C=O) groups is 1. The van der Waals surface area contributed by atoms with E-state index in [4.69, 9.17) is 10.5 Å². The quantitative estimate of drug-likeness (QED) is 0.660. The van der Waals surface area contributed by atoms with Crippen molar-refractivity contribution in [2.24, 2.45) is 0 Å². The molecule has 0 aliphatic heterocycles. The summed E-state index contributed by atoms with van der Waals surface area (Å²) in [6.07, 6.45) is 3.23. The van der Waals surface area contributed by atoms with E-state index in [0.29, 0.717) is 22.8 Å². The second-order valence-electron chi connectivity index (χ2n) is 3.70. The number of benzene rings is 1. The fourth-order valence-corrected chi connectivity index (χ4v) is 1.48. The fourth-order valence-electron chi connectivity index (χ4n) is 1.48. The normalized spacial score (nSPS) is 9.95. The topological polar surface area (TPSA) is 87.3 Å². The van der Waals surface area contributed by atoms with E-state index in [1.807, 2.05) is 0 Å². The van der Waals surface area contributed by atoms with E-state index in [2.05, 4.69) is 14.7 Å². The molecule has 0 radical (unpaired) electrons. The Labute approximate surface area is 110 Å². The first kappa shape index (κ1) is 12.8. The first-order valence-corrected chi connectivity index (χ1v) is 5.57. The molecule has 2 aromatic rings. The van der Waals surface area contributed by atoms with Crippen LogP contribution >= 0.6 is 0 Å². The summed E-state index contributed by atoms with van der Waals surface area (Å²) < 4.78 is 10.2. The predicted molar refractivity (Wildman–Crippen MR) is 68.6 cm³/mol. The second-order valence-corrected chi connectivity index (χ2v) is 3.70. The summed E-state index contributed by atoms with van der Waals surface area (Å²) in [5, 5.41) is 0. The van der Waals surface area contributed by atoms with Gasteiger partial charge in [0.15, 0.2) is 5.82 Å². The number of aromatic nitrogens is 2. The third kappa shape index (κ3) is 3.19. The molecule has 0 unspecified atom stereocenters. The number of nitrogens with two attached hydrogens (primary N) is 1. The van der Waals surface area contributed by atoms with E-state index in [-0.39, 0.29) is 6.61 Å². The van der Waals surface area contributed by atoms with Crippen molar-refractivity contribution in [3.05, 3.63) is 48.0 Å². The van der Waals surface area contributed by atoms with Gasteiger partial charge in [-0.2, -0.15) is 0 Å². The molecule has 0 saturated heterocycles. The number of ether oxygens (including phenoxy) is 2. The lowest BCUT2D eigenvalue weighted by molar-refractivity contribution is 0.0595. The zero-order valence-electron chi connectivity index (χ0n) is 10.4. The Morgan fingerprint density at radius 1 is 1.32 bits per heavy atom. The molecule has 0 aliphatic rings. The monoisotopic (exact) mass is 259 g/mol. The molecule has 0 amide bonds. The number of methoxy groups -OCH3 is 1. The molecule has 19 heavy (non-hydrogen) atoms. The highest BCUT2D eigenvalue weighted by Crippen LogP contribution is 2.23. The van der Waals surface area contributed by atoms with Crippen LogP contribution in [-0.4, -0.2) is 23.0 Å². The minimum atomic E-state index is -0.482. The van der Waals surface area contributed by atoms with Gasteiger partial charge in [-0.05, 0) is 18.2 Å². The van der Waals surface area contributed by atoms with E-state index >= 15 is 0 Å². The maximum absolute atomic E-state index is 11.6. The molecule has 6 heteroatoms. The minimum Gasteiger partial charge on any atom is -0.485 e. The van der Waals surface area contributed by atoms with Crippen molar-refractivity contribution in [1.82, 2.24) is 9.97 Å². The smallest absolute Gasteiger partial charge is 0.341 e. The average molecular weight is 259 g/mol. The van der Waals surface area contributed by atoms with Gasteiger partial charge in [-0.1, -0.05) is 0 Å². The van der Waals surface area contributed by atoms with E-state index in [1.165, 1.54) is 7.11 Å². The highest BCUT2D eigenvalue weighted by molar-refractivity contribution is 5.93. The number of hydrogen-bond acceptors (Lipinski definition) is 6. The van der Waals surface area contributed by atoms with Crippen molar-refractivity contribution in [1.29, 1.82) is 0 Å². The van der Waals surface area contributed by atoms with Crippen LogP contribution in [0.2, 0.25) is 0 Å². The highest BCUT2D eigenvalue weighted by atomic mass is 16.5. The molecule has 2 N–H and O–H groups in total. The van der Waals surface area contributed by atoms with Crippen molar-refractivity contribution in [2.75, 3.05) is 12.8 Å². The molecule has 0 aliphatic carbocycles. The van der Waals surface area contributed by atoms with Crippen LogP contribution in [0.1, 0.15) is 16.2 Å². The van der Waals surface area contributed by atoms with Gasteiger partial charge >= 0.3 is 5.97 Å². The van der Waals surface area contributed by atoms with Crippen molar-refractivity contribution in [3.63, 3.8) is 0 Å². The highest BCUT2D eigenvalue weighted by Gasteiger charge is 2.13. The molecular weight excluding hydrogens is 246 g/mol. The number of anilines is 1. The lowest BCUT2D eigenvalue weighted by Crippen LogP contribution is -2.07. The SMILES string of the molecule is COC(=O)c1ccc(N)cc1OCc1ncccn1. The zero-order chi connectivity index (χ0) is 13.7. The van der Waals surface area contributed by atoms with Gasteiger partial charge in [0, 0.05) is 24.1 Å². The fraction of sp³-hybridized carbons (Fsp3) is 0.154. The number of nitrogens with zero attached hydrogens (tertiary/aromatic N) is 2. The summed E-state index contributed by atoms with van der Waals surface area (Å²) in [6, 6.07) is 6.44. The lowest BCUT2D eigenvalue weighted by Gasteiger charge is -2.10. The number of nitrogen functional groups attached to an aromatic ring is 1. The lowest BCUT2D eigenvalue weighted by atomic mass is 10.2. The average Bonchev–Trinajstić information content (AvgIpc) is 2.45. The molecule has 98 valence electrons. The molecule has 1 aromatic carbocycles. The van der Waals surface area contributed by atoms with Crippen LogP contribution in [0.3, 0.4) is 0 Å². The Morgan fingerprint density at radius 3 is 2.74 bits per heavy atom. The summed E-state index contributed by atoms with van der Waals surface area (Å²) >= 11 is 0. The van der Waals surface area contributed by atoms with E-state index in [0.717, 1.165) is 0 Å². The van der Waals surface area contributed by atoms with Crippen LogP contribution in [0.4, 0.5) is 5.69 Å². The summed E-state index contributed by atoms with van der Waals surface area (Å²) in [7, 11) is 1.31. The van der Waals surface area contributed by atoms with Gasteiger partial charge in [-0.3, -0.25) is 0 Å². The molecule has 0 bridgehead atoms. The third-order valence-corrected chi connectivity index (χ3v) is 2.39. The molecule has 1 heterocycles. The van der Waals surface area contributed by atoms with Gasteiger partial charge in [-0.25, -0.2) is 14.8 Å². The van der Waals surface area contributed by atoms with Crippen LogP contribution in [0.15, 0.2) is 36.7 Å². The number of rotatable bonds is 4. The predicted octanol–water partition coefficient (Wildman–Crippen LogP) is 1.42.